The molecule has 25 heavy (non-hydrogen) atoms. The van der Waals surface area contributed by atoms with E-state index in [4.69, 9.17) is 9.47 Å². The van der Waals surface area contributed by atoms with Crippen molar-refractivity contribution in [2.75, 3.05) is 38.7 Å². The van der Waals surface area contributed by atoms with E-state index in [2.05, 4.69) is 15.6 Å². The van der Waals surface area contributed by atoms with Crippen molar-refractivity contribution >= 4 is 11.7 Å². The lowest BCUT2D eigenvalue weighted by Crippen LogP contribution is -2.57. The number of urea groups is 1. The molecule has 0 radical (unpaired) electrons. The smallest absolute Gasteiger partial charge is 0.322 e. The van der Waals surface area contributed by atoms with Gasteiger partial charge in [-0.25, -0.2) is 4.79 Å². The Morgan fingerprint density at radius 2 is 2.24 bits per heavy atom. The van der Waals surface area contributed by atoms with E-state index in [9.17, 15) is 4.79 Å². The molecule has 7 nitrogen and oxygen atoms in total. The van der Waals surface area contributed by atoms with Crippen molar-refractivity contribution in [2.24, 2.45) is 0 Å². The summed E-state index contributed by atoms with van der Waals surface area (Å²) in [7, 11) is 1.58. The number of nitrogens with zero attached hydrogens (tertiary/aromatic N) is 2. The Hall–Kier alpha value is -2.80. The van der Waals surface area contributed by atoms with E-state index < -0.39 is 0 Å². The first kappa shape index (κ1) is 17.0. The summed E-state index contributed by atoms with van der Waals surface area (Å²) in [5.41, 5.74) is 0.653. The van der Waals surface area contributed by atoms with Crippen LogP contribution in [0.2, 0.25) is 0 Å². The number of pyridine rings is 1. The van der Waals surface area contributed by atoms with Gasteiger partial charge in [0.05, 0.1) is 25.0 Å². The lowest BCUT2D eigenvalue weighted by Gasteiger charge is -2.36. The lowest BCUT2D eigenvalue weighted by atomic mass is 10.2. The molecule has 0 aliphatic carbocycles. The third-order valence-electron chi connectivity index (χ3n) is 4.04. The zero-order valence-corrected chi connectivity index (χ0v) is 14.1. The average molecular weight is 342 g/mol. The summed E-state index contributed by atoms with van der Waals surface area (Å²) >= 11 is 0. The van der Waals surface area contributed by atoms with Crippen molar-refractivity contribution in [3.63, 3.8) is 0 Å². The zero-order valence-electron chi connectivity index (χ0n) is 14.1. The van der Waals surface area contributed by atoms with Gasteiger partial charge < -0.3 is 25.0 Å². The Balaban J connectivity index is 1.64. The fourth-order valence-corrected chi connectivity index (χ4v) is 2.74. The van der Waals surface area contributed by atoms with Crippen LogP contribution in [0.5, 0.6) is 11.5 Å². The monoisotopic (exact) mass is 342 g/mol. The van der Waals surface area contributed by atoms with Gasteiger partial charge in [0.2, 0.25) is 0 Å². The van der Waals surface area contributed by atoms with Crippen molar-refractivity contribution in [3.8, 4) is 11.5 Å². The van der Waals surface area contributed by atoms with E-state index in [0.717, 1.165) is 6.54 Å². The minimum atomic E-state index is -0.161. The molecule has 2 heterocycles. The van der Waals surface area contributed by atoms with Gasteiger partial charge >= 0.3 is 6.03 Å². The predicted octanol–water partition coefficient (Wildman–Crippen LogP) is 1.97. The number of ether oxygens (including phenoxy) is 2. The fourth-order valence-electron chi connectivity index (χ4n) is 2.74. The third kappa shape index (κ3) is 4.39. The summed E-state index contributed by atoms with van der Waals surface area (Å²) in [6, 6.07) is 10.8. The van der Waals surface area contributed by atoms with Crippen LogP contribution < -0.4 is 20.1 Å². The van der Waals surface area contributed by atoms with Crippen molar-refractivity contribution in [1.82, 2.24) is 15.2 Å². The van der Waals surface area contributed by atoms with Crippen LogP contribution in [-0.2, 0) is 0 Å². The molecule has 1 saturated heterocycles. The predicted molar refractivity (Wildman–Crippen MR) is 95.1 cm³/mol. The molecule has 2 aromatic rings. The highest BCUT2D eigenvalue weighted by atomic mass is 16.5. The van der Waals surface area contributed by atoms with Gasteiger partial charge in [-0.3, -0.25) is 4.98 Å². The number of benzene rings is 1. The molecule has 1 aliphatic heterocycles. The number of hydrogen-bond donors (Lipinski definition) is 2. The normalized spacial score (nSPS) is 17.0. The molecule has 7 heteroatoms. The molecule has 1 aromatic carbocycles. The van der Waals surface area contributed by atoms with Gasteiger partial charge in [-0.1, -0.05) is 12.1 Å². The third-order valence-corrected chi connectivity index (χ3v) is 4.04. The number of amides is 2. The maximum atomic E-state index is 12.7. The van der Waals surface area contributed by atoms with Gasteiger partial charge in [0, 0.05) is 25.8 Å². The summed E-state index contributed by atoms with van der Waals surface area (Å²) in [5.74, 6) is 1.33. The largest absolute Gasteiger partial charge is 0.495 e. The average Bonchev–Trinajstić information content (AvgIpc) is 2.68. The standard InChI is InChI=1S/C18H22N4O3/c1-24-17-7-3-2-6-16(17)21-18(23)22-10-9-20-11-14(22)13-25-15-5-4-8-19-12-15/h2-8,12,14,20H,9-11,13H2,1H3,(H,21,23). The molecule has 1 aliphatic rings. The minimum Gasteiger partial charge on any atom is -0.495 e. The number of hydrogen-bond acceptors (Lipinski definition) is 5. The quantitative estimate of drug-likeness (QED) is 0.869. The Kier molecular flexibility index (Phi) is 5.69. The molecule has 3 rings (SSSR count). The molecule has 2 N–H and O–H groups in total. The second kappa shape index (κ2) is 8.34. The van der Waals surface area contributed by atoms with E-state index >= 15 is 0 Å². The highest BCUT2D eigenvalue weighted by Gasteiger charge is 2.27. The number of carbonyl (C=O) groups is 1. The number of piperazine rings is 1. The summed E-state index contributed by atoms with van der Waals surface area (Å²) in [6.07, 6.45) is 3.36. The Morgan fingerprint density at radius 3 is 3.04 bits per heavy atom. The fraction of sp³-hybridized carbons (Fsp3) is 0.333. The van der Waals surface area contributed by atoms with Crippen LogP contribution in [0, 0.1) is 0 Å². The number of methoxy groups -OCH3 is 1. The van der Waals surface area contributed by atoms with E-state index in [1.807, 2.05) is 36.4 Å². The number of carbonyl (C=O) groups excluding carboxylic acids is 1. The highest BCUT2D eigenvalue weighted by molar-refractivity contribution is 5.91. The van der Waals surface area contributed by atoms with Crippen molar-refractivity contribution in [1.29, 1.82) is 0 Å². The van der Waals surface area contributed by atoms with Crippen LogP contribution in [0.1, 0.15) is 0 Å². The second-order valence-corrected chi connectivity index (χ2v) is 5.68. The molecule has 1 fully saturated rings. The van der Waals surface area contributed by atoms with Crippen LogP contribution in [0.15, 0.2) is 48.8 Å². The van der Waals surface area contributed by atoms with Crippen LogP contribution >= 0.6 is 0 Å². The second-order valence-electron chi connectivity index (χ2n) is 5.68. The van der Waals surface area contributed by atoms with Crippen LogP contribution in [0.25, 0.3) is 0 Å². The first-order valence-electron chi connectivity index (χ1n) is 8.22. The first-order valence-corrected chi connectivity index (χ1v) is 8.22. The Bertz CT molecular complexity index is 696. The summed E-state index contributed by atoms with van der Waals surface area (Å²) in [5, 5.41) is 6.23. The molecule has 0 bridgehead atoms. The summed E-state index contributed by atoms with van der Waals surface area (Å²) < 4.78 is 11.1. The summed E-state index contributed by atoms with van der Waals surface area (Å²) in [6.45, 7) is 2.45. The number of rotatable bonds is 5. The van der Waals surface area contributed by atoms with E-state index in [1.54, 1.807) is 24.4 Å². The molecule has 1 atom stereocenters. The van der Waals surface area contributed by atoms with Gasteiger partial charge in [-0.2, -0.15) is 0 Å². The van der Waals surface area contributed by atoms with Gasteiger partial charge in [-0.05, 0) is 24.3 Å². The van der Waals surface area contributed by atoms with Crippen molar-refractivity contribution in [2.45, 2.75) is 6.04 Å². The van der Waals surface area contributed by atoms with Crippen molar-refractivity contribution in [3.05, 3.63) is 48.8 Å². The van der Waals surface area contributed by atoms with Gasteiger partial charge in [0.15, 0.2) is 0 Å². The van der Waals surface area contributed by atoms with Crippen LogP contribution in [-0.4, -0.2) is 55.3 Å². The maximum absolute atomic E-state index is 12.7. The van der Waals surface area contributed by atoms with E-state index in [-0.39, 0.29) is 12.1 Å². The number of para-hydroxylation sites is 2. The molecular weight excluding hydrogens is 320 g/mol. The van der Waals surface area contributed by atoms with Crippen molar-refractivity contribution < 1.29 is 14.3 Å². The topological polar surface area (TPSA) is 75.7 Å². The SMILES string of the molecule is COc1ccccc1NC(=O)N1CCNCC1COc1cccnc1. The highest BCUT2D eigenvalue weighted by Crippen LogP contribution is 2.23. The molecular formula is C18H22N4O3. The van der Waals surface area contributed by atoms with Gasteiger partial charge in [0.1, 0.15) is 18.1 Å². The van der Waals surface area contributed by atoms with E-state index in [0.29, 0.717) is 36.9 Å². The molecule has 1 unspecified atom stereocenters. The minimum absolute atomic E-state index is 0.0661. The Morgan fingerprint density at radius 1 is 1.36 bits per heavy atom. The van der Waals surface area contributed by atoms with Crippen LogP contribution in [0.4, 0.5) is 10.5 Å². The lowest BCUT2D eigenvalue weighted by molar-refractivity contribution is 0.132. The summed E-state index contributed by atoms with van der Waals surface area (Å²) in [4.78, 5) is 18.5. The zero-order chi connectivity index (χ0) is 17.5. The molecule has 1 aromatic heterocycles. The number of aromatic nitrogens is 1. The maximum Gasteiger partial charge on any atom is 0.322 e. The molecule has 0 spiro atoms. The first-order chi connectivity index (χ1) is 12.3. The molecule has 2 amide bonds. The van der Waals surface area contributed by atoms with E-state index in [1.165, 1.54) is 0 Å². The molecule has 132 valence electrons. The number of nitrogens with one attached hydrogen (secondary N) is 2. The van der Waals surface area contributed by atoms with Gasteiger partial charge in [-0.15, -0.1) is 0 Å². The molecule has 0 saturated carbocycles. The van der Waals surface area contributed by atoms with Gasteiger partial charge in [0.25, 0.3) is 0 Å². The number of anilines is 1. The Labute approximate surface area is 147 Å². The van der Waals surface area contributed by atoms with Crippen LogP contribution in [0.3, 0.4) is 0 Å².